The van der Waals surface area contributed by atoms with Crippen molar-refractivity contribution < 1.29 is 4.79 Å². The molecule has 0 bridgehead atoms. The third kappa shape index (κ3) is 9.56. The van der Waals surface area contributed by atoms with Gasteiger partial charge in [0.25, 0.3) is 0 Å². The Hall–Kier alpha value is -0.530. The maximum atomic E-state index is 11.2. The molecule has 0 aromatic heterocycles. The van der Waals surface area contributed by atoms with Gasteiger partial charge in [-0.1, -0.05) is 46.0 Å². The van der Waals surface area contributed by atoms with Gasteiger partial charge >= 0.3 is 0 Å². The molecule has 0 aliphatic heterocycles. The summed E-state index contributed by atoms with van der Waals surface area (Å²) in [5.41, 5.74) is 0. The highest BCUT2D eigenvalue weighted by Gasteiger charge is 1.98. The van der Waals surface area contributed by atoms with E-state index in [0.717, 1.165) is 19.4 Å². The van der Waals surface area contributed by atoms with Gasteiger partial charge in [-0.05, 0) is 12.8 Å². The van der Waals surface area contributed by atoms with Gasteiger partial charge in [0.2, 0.25) is 5.91 Å². The van der Waals surface area contributed by atoms with Crippen LogP contribution in [0, 0.1) is 0 Å². The van der Waals surface area contributed by atoms with E-state index >= 15 is 0 Å². The standard InChI is InChI=1S/C12H25NO/c1-3-5-6-7-8-9-10-12(14)13-11-4-2/h3-11H2,1-2H3,(H,13,14). The van der Waals surface area contributed by atoms with Crippen molar-refractivity contribution in [2.75, 3.05) is 6.54 Å². The summed E-state index contributed by atoms with van der Waals surface area (Å²) in [4.78, 5) is 11.2. The molecule has 1 N–H and O–H groups in total. The van der Waals surface area contributed by atoms with E-state index in [1.165, 1.54) is 32.1 Å². The molecule has 0 radical (unpaired) electrons. The Labute approximate surface area is 88.5 Å². The molecule has 1 amide bonds. The van der Waals surface area contributed by atoms with Gasteiger partial charge in [0.05, 0.1) is 0 Å². The number of unbranched alkanes of at least 4 members (excludes halogenated alkanes) is 5. The van der Waals surface area contributed by atoms with Crippen LogP contribution in [0.3, 0.4) is 0 Å². The SMILES string of the molecule is CCCCCCCCC(=O)NCCC. The van der Waals surface area contributed by atoms with Crippen LogP contribution in [0.2, 0.25) is 0 Å². The number of carbonyl (C=O) groups excluding carboxylic acids is 1. The lowest BCUT2D eigenvalue weighted by Gasteiger charge is -2.03. The van der Waals surface area contributed by atoms with Gasteiger partial charge in [0.1, 0.15) is 0 Å². The van der Waals surface area contributed by atoms with E-state index in [1.807, 2.05) is 0 Å². The monoisotopic (exact) mass is 199 g/mol. The first-order valence-corrected chi connectivity index (χ1v) is 6.08. The number of amides is 1. The molecule has 0 aliphatic carbocycles. The molecule has 2 heteroatoms. The molecule has 0 aromatic carbocycles. The third-order valence-electron chi connectivity index (χ3n) is 2.33. The zero-order valence-electron chi connectivity index (χ0n) is 9.77. The largest absolute Gasteiger partial charge is 0.356 e. The lowest BCUT2D eigenvalue weighted by molar-refractivity contribution is -0.121. The summed E-state index contributed by atoms with van der Waals surface area (Å²) < 4.78 is 0. The lowest BCUT2D eigenvalue weighted by atomic mass is 10.1. The Balaban J connectivity index is 3.07. The van der Waals surface area contributed by atoms with Crippen molar-refractivity contribution in [3.8, 4) is 0 Å². The first kappa shape index (κ1) is 13.5. The summed E-state index contributed by atoms with van der Waals surface area (Å²) in [7, 11) is 0. The normalized spacial score (nSPS) is 10.1. The molecular formula is C12H25NO. The van der Waals surface area contributed by atoms with E-state index in [2.05, 4.69) is 19.2 Å². The number of nitrogens with one attached hydrogen (secondary N) is 1. The average Bonchev–Trinajstić information content (AvgIpc) is 2.20. The van der Waals surface area contributed by atoms with Crippen LogP contribution in [-0.4, -0.2) is 12.5 Å². The second-order valence-electron chi connectivity index (χ2n) is 3.87. The summed E-state index contributed by atoms with van der Waals surface area (Å²) in [6.07, 6.45) is 9.24. The number of hydrogen-bond acceptors (Lipinski definition) is 1. The average molecular weight is 199 g/mol. The van der Waals surface area contributed by atoms with E-state index in [9.17, 15) is 4.79 Å². The zero-order valence-corrected chi connectivity index (χ0v) is 9.77. The minimum absolute atomic E-state index is 0.224. The Morgan fingerprint density at radius 1 is 0.929 bits per heavy atom. The predicted molar refractivity (Wildman–Crippen MR) is 61.3 cm³/mol. The Kier molecular flexibility index (Phi) is 10.2. The smallest absolute Gasteiger partial charge is 0.219 e. The van der Waals surface area contributed by atoms with E-state index < -0.39 is 0 Å². The first-order valence-electron chi connectivity index (χ1n) is 6.08. The van der Waals surface area contributed by atoms with E-state index in [4.69, 9.17) is 0 Å². The topological polar surface area (TPSA) is 29.1 Å². The minimum atomic E-state index is 0.224. The van der Waals surface area contributed by atoms with Crippen molar-refractivity contribution in [2.45, 2.75) is 65.2 Å². The van der Waals surface area contributed by atoms with Crippen LogP contribution < -0.4 is 5.32 Å². The molecule has 0 unspecified atom stereocenters. The van der Waals surface area contributed by atoms with E-state index in [0.29, 0.717) is 6.42 Å². The Morgan fingerprint density at radius 3 is 2.21 bits per heavy atom. The molecule has 0 rings (SSSR count). The molecule has 0 aliphatic rings. The van der Waals surface area contributed by atoms with Crippen LogP contribution >= 0.6 is 0 Å². The molecule has 2 nitrogen and oxygen atoms in total. The molecule has 14 heavy (non-hydrogen) atoms. The molecule has 0 spiro atoms. The highest BCUT2D eigenvalue weighted by Crippen LogP contribution is 2.06. The Morgan fingerprint density at radius 2 is 1.57 bits per heavy atom. The van der Waals surface area contributed by atoms with Gasteiger partial charge in [-0.2, -0.15) is 0 Å². The second-order valence-corrected chi connectivity index (χ2v) is 3.87. The molecule has 84 valence electrons. The maximum absolute atomic E-state index is 11.2. The highest BCUT2D eigenvalue weighted by atomic mass is 16.1. The van der Waals surface area contributed by atoms with Crippen LogP contribution in [0.4, 0.5) is 0 Å². The molecular weight excluding hydrogens is 174 g/mol. The van der Waals surface area contributed by atoms with Crippen LogP contribution in [0.5, 0.6) is 0 Å². The predicted octanol–water partition coefficient (Wildman–Crippen LogP) is 3.26. The number of carbonyl (C=O) groups is 1. The summed E-state index contributed by atoms with van der Waals surface area (Å²) in [5.74, 6) is 0.224. The van der Waals surface area contributed by atoms with Crippen LogP contribution in [0.25, 0.3) is 0 Å². The van der Waals surface area contributed by atoms with Gasteiger partial charge in [0.15, 0.2) is 0 Å². The molecule has 0 saturated heterocycles. The van der Waals surface area contributed by atoms with Gasteiger partial charge in [-0.15, -0.1) is 0 Å². The van der Waals surface area contributed by atoms with Crippen LogP contribution in [-0.2, 0) is 4.79 Å². The number of hydrogen-bond donors (Lipinski definition) is 1. The third-order valence-corrected chi connectivity index (χ3v) is 2.33. The quantitative estimate of drug-likeness (QED) is 0.567. The highest BCUT2D eigenvalue weighted by molar-refractivity contribution is 5.75. The van der Waals surface area contributed by atoms with Crippen LogP contribution in [0.1, 0.15) is 65.2 Å². The van der Waals surface area contributed by atoms with E-state index in [1.54, 1.807) is 0 Å². The molecule has 0 heterocycles. The summed E-state index contributed by atoms with van der Waals surface area (Å²) in [6, 6.07) is 0. The fraction of sp³-hybridized carbons (Fsp3) is 0.917. The summed E-state index contributed by atoms with van der Waals surface area (Å²) >= 11 is 0. The summed E-state index contributed by atoms with van der Waals surface area (Å²) in [5, 5.41) is 2.90. The molecule has 0 atom stereocenters. The van der Waals surface area contributed by atoms with Crippen molar-refractivity contribution in [3.63, 3.8) is 0 Å². The van der Waals surface area contributed by atoms with Gasteiger partial charge in [-0.25, -0.2) is 0 Å². The Bertz CT molecular complexity index is 134. The van der Waals surface area contributed by atoms with Gasteiger partial charge in [-0.3, -0.25) is 4.79 Å². The fourth-order valence-electron chi connectivity index (χ4n) is 1.42. The lowest BCUT2D eigenvalue weighted by Crippen LogP contribution is -2.23. The maximum Gasteiger partial charge on any atom is 0.219 e. The van der Waals surface area contributed by atoms with Crippen LogP contribution in [0.15, 0.2) is 0 Å². The van der Waals surface area contributed by atoms with Crippen molar-refractivity contribution in [1.29, 1.82) is 0 Å². The fourth-order valence-corrected chi connectivity index (χ4v) is 1.42. The zero-order chi connectivity index (χ0) is 10.6. The molecule has 0 aromatic rings. The van der Waals surface area contributed by atoms with Crippen molar-refractivity contribution >= 4 is 5.91 Å². The molecule has 0 fully saturated rings. The number of rotatable bonds is 9. The van der Waals surface area contributed by atoms with Gasteiger partial charge in [0, 0.05) is 13.0 Å². The second kappa shape index (κ2) is 10.6. The van der Waals surface area contributed by atoms with Gasteiger partial charge < -0.3 is 5.32 Å². The molecule has 0 saturated carbocycles. The van der Waals surface area contributed by atoms with E-state index in [-0.39, 0.29) is 5.91 Å². The van der Waals surface area contributed by atoms with Crippen molar-refractivity contribution in [1.82, 2.24) is 5.32 Å². The van der Waals surface area contributed by atoms with Crippen molar-refractivity contribution in [3.05, 3.63) is 0 Å². The van der Waals surface area contributed by atoms with Crippen molar-refractivity contribution in [2.24, 2.45) is 0 Å². The first-order chi connectivity index (χ1) is 6.81. The summed E-state index contributed by atoms with van der Waals surface area (Å²) in [6.45, 7) is 5.12. The minimum Gasteiger partial charge on any atom is -0.356 e.